The smallest absolute Gasteiger partial charge is 0.335 e. The Labute approximate surface area is 192 Å². The molecule has 170 valence electrons. The molecule has 1 fully saturated rings. The van der Waals surface area contributed by atoms with Crippen molar-refractivity contribution in [3.8, 4) is 5.75 Å². The van der Waals surface area contributed by atoms with Crippen LogP contribution in [-0.4, -0.2) is 22.8 Å². The number of urea groups is 1. The Balaban J connectivity index is 1.63. The minimum Gasteiger partial charge on any atom is -0.488 e. The highest BCUT2D eigenvalue weighted by atomic mass is 19.1. The third-order valence-corrected chi connectivity index (χ3v) is 4.92. The molecule has 0 spiro atoms. The lowest BCUT2D eigenvalue weighted by molar-refractivity contribution is -0.384. The molecule has 4 rings (SSSR count). The van der Waals surface area contributed by atoms with Crippen LogP contribution in [0.3, 0.4) is 0 Å². The molecule has 1 heterocycles. The molecule has 0 radical (unpaired) electrons. The van der Waals surface area contributed by atoms with Crippen LogP contribution < -0.4 is 15.0 Å². The van der Waals surface area contributed by atoms with Crippen molar-refractivity contribution >= 4 is 35.3 Å². The molecule has 0 atom stereocenters. The number of carbonyl (C=O) groups is 3. The van der Waals surface area contributed by atoms with Crippen molar-refractivity contribution < 1.29 is 28.4 Å². The summed E-state index contributed by atoms with van der Waals surface area (Å²) in [7, 11) is 0. The number of para-hydroxylation sites is 1. The Bertz CT molecular complexity index is 1340. The summed E-state index contributed by atoms with van der Waals surface area (Å²) in [5, 5.41) is 13.0. The Morgan fingerprint density at radius 3 is 2.44 bits per heavy atom. The largest absolute Gasteiger partial charge is 0.488 e. The number of hydrogen-bond acceptors (Lipinski definition) is 6. The number of hydrogen-bond donors (Lipinski definition) is 1. The second-order valence-electron chi connectivity index (χ2n) is 7.19. The highest BCUT2D eigenvalue weighted by Crippen LogP contribution is 2.27. The van der Waals surface area contributed by atoms with Crippen LogP contribution in [0, 0.1) is 15.9 Å². The molecule has 0 unspecified atom stereocenters. The van der Waals surface area contributed by atoms with Crippen LogP contribution in [0.4, 0.5) is 20.6 Å². The van der Waals surface area contributed by atoms with Crippen LogP contribution in [-0.2, 0) is 16.2 Å². The van der Waals surface area contributed by atoms with Crippen LogP contribution >= 0.6 is 0 Å². The number of halogens is 1. The van der Waals surface area contributed by atoms with Crippen molar-refractivity contribution in [2.75, 3.05) is 4.90 Å². The third kappa shape index (κ3) is 4.65. The molecular weight excluding hydrogens is 445 g/mol. The Morgan fingerprint density at radius 1 is 1.00 bits per heavy atom. The Kier molecular flexibility index (Phi) is 6.13. The van der Waals surface area contributed by atoms with Gasteiger partial charge in [0.05, 0.1) is 10.6 Å². The summed E-state index contributed by atoms with van der Waals surface area (Å²) in [6, 6.07) is 16.3. The van der Waals surface area contributed by atoms with Crippen LogP contribution in [0.15, 0.2) is 78.4 Å². The van der Waals surface area contributed by atoms with Crippen LogP contribution in [0.1, 0.15) is 11.1 Å². The minimum atomic E-state index is -0.975. The molecule has 10 heteroatoms. The molecule has 0 aromatic heterocycles. The zero-order valence-corrected chi connectivity index (χ0v) is 17.4. The molecule has 3 aromatic rings. The van der Waals surface area contributed by atoms with E-state index in [9.17, 15) is 28.9 Å². The topological polar surface area (TPSA) is 119 Å². The summed E-state index contributed by atoms with van der Waals surface area (Å²) in [4.78, 5) is 48.8. The van der Waals surface area contributed by atoms with Gasteiger partial charge in [0.25, 0.3) is 17.5 Å². The minimum absolute atomic E-state index is 0.0471. The van der Waals surface area contributed by atoms with Gasteiger partial charge in [-0.1, -0.05) is 30.3 Å². The van der Waals surface area contributed by atoms with Gasteiger partial charge in [0.1, 0.15) is 23.7 Å². The summed E-state index contributed by atoms with van der Waals surface area (Å²) in [5.41, 5.74) is 0.478. The van der Waals surface area contributed by atoms with Gasteiger partial charge < -0.3 is 4.74 Å². The van der Waals surface area contributed by atoms with E-state index < -0.39 is 28.6 Å². The average Bonchev–Trinajstić information content (AvgIpc) is 2.81. The third-order valence-electron chi connectivity index (χ3n) is 4.92. The van der Waals surface area contributed by atoms with Gasteiger partial charge in [-0.25, -0.2) is 14.1 Å². The van der Waals surface area contributed by atoms with Gasteiger partial charge in [-0.05, 0) is 42.0 Å². The van der Waals surface area contributed by atoms with E-state index in [0.717, 1.165) is 12.1 Å². The molecule has 4 amide bonds. The summed E-state index contributed by atoms with van der Waals surface area (Å²) in [5.74, 6) is -1.87. The van der Waals surface area contributed by atoms with Gasteiger partial charge in [-0.3, -0.25) is 25.0 Å². The predicted molar refractivity (Wildman–Crippen MR) is 119 cm³/mol. The standard InChI is InChI=1S/C24H16FN3O6/c25-17-6-3-4-15(12-17)14-34-21-7-2-1-5-16(21)13-20-22(29)26-24(31)27(23(20)30)18-8-10-19(11-9-18)28(32)33/h1-13H,14H2,(H,26,29,31)/b20-13+. The second kappa shape index (κ2) is 9.33. The lowest BCUT2D eigenvalue weighted by atomic mass is 10.1. The Morgan fingerprint density at radius 2 is 1.74 bits per heavy atom. The fourth-order valence-electron chi connectivity index (χ4n) is 3.29. The number of non-ortho nitro benzene ring substituents is 1. The maximum absolute atomic E-state index is 13.4. The first-order valence-electron chi connectivity index (χ1n) is 9.95. The highest BCUT2D eigenvalue weighted by molar-refractivity contribution is 6.39. The first-order valence-corrected chi connectivity index (χ1v) is 9.95. The number of amides is 4. The lowest BCUT2D eigenvalue weighted by Crippen LogP contribution is -2.54. The van der Waals surface area contributed by atoms with E-state index in [1.165, 1.54) is 30.3 Å². The number of imide groups is 2. The number of rotatable bonds is 6. The van der Waals surface area contributed by atoms with E-state index in [0.29, 0.717) is 21.8 Å². The molecule has 1 N–H and O–H groups in total. The molecule has 1 aliphatic rings. The average molecular weight is 461 g/mol. The molecule has 0 bridgehead atoms. The summed E-state index contributed by atoms with van der Waals surface area (Å²) in [6.07, 6.45) is 1.28. The van der Waals surface area contributed by atoms with Crippen LogP contribution in [0.5, 0.6) is 5.75 Å². The molecule has 3 aromatic carbocycles. The van der Waals surface area contributed by atoms with Crippen molar-refractivity contribution in [3.05, 3.63) is 105 Å². The Hall–Kier alpha value is -4.86. The quantitative estimate of drug-likeness (QED) is 0.257. The summed E-state index contributed by atoms with van der Waals surface area (Å²) < 4.78 is 19.2. The maximum atomic E-state index is 13.4. The number of anilines is 1. The fourth-order valence-corrected chi connectivity index (χ4v) is 3.29. The van der Waals surface area contributed by atoms with Gasteiger partial charge in [0.2, 0.25) is 0 Å². The zero-order chi connectivity index (χ0) is 24.2. The number of nitro benzene ring substituents is 1. The molecule has 9 nitrogen and oxygen atoms in total. The van der Waals surface area contributed by atoms with Crippen molar-refractivity contribution in [3.63, 3.8) is 0 Å². The zero-order valence-electron chi connectivity index (χ0n) is 17.4. The number of nitrogens with one attached hydrogen (secondary N) is 1. The van der Waals surface area contributed by atoms with Crippen molar-refractivity contribution in [2.45, 2.75) is 6.61 Å². The molecule has 34 heavy (non-hydrogen) atoms. The normalized spacial score (nSPS) is 14.8. The van der Waals surface area contributed by atoms with Gasteiger partial charge >= 0.3 is 6.03 Å². The van der Waals surface area contributed by atoms with E-state index in [2.05, 4.69) is 5.32 Å². The van der Waals surface area contributed by atoms with E-state index in [4.69, 9.17) is 4.74 Å². The molecule has 1 saturated heterocycles. The van der Waals surface area contributed by atoms with Crippen molar-refractivity contribution in [2.24, 2.45) is 0 Å². The van der Waals surface area contributed by atoms with E-state index in [1.807, 2.05) is 0 Å². The van der Waals surface area contributed by atoms with Crippen LogP contribution in [0.25, 0.3) is 6.08 Å². The number of barbiturate groups is 1. The molecule has 1 aliphatic heterocycles. The number of carbonyl (C=O) groups excluding carboxylic acids is 3. The summed E-state index contributed by atoms with van der Waals surface area (Å²) >= 11 is 0. The van der Waals surface area contributed by atoms with Gasteiger partial charge in [0.15, 0.2) is 0 Å². The number of nitrogens with zero attached hydrogens (tertiary/aromatic N) is 2. The molecule has 0 saturated carbocycles. The van der Waals surface area contributed by atoms with E-state index in [-0.39, 0.29) is 23.6 Å². The number of nitro groups is 1. The van der Waals surface area contributed by atoms with Gasteiger partial charge in [-0.15, -0.1) is 0 Å². The first-order chi connectivity index (χ1) is 16.3. The lowest BCUT2D eigenvalue weighted by Gasteiger charge is -2.26. The van der Waals surface area contributed by atoms with Crippen molar-refractivity contribution in [1.82, 2.24) is 5.32 Å². The molecule has 0 aliphatic carbocycles. The second-order valence-corrected chi connectivity index (χ2v) is 7.19. The van der Waals surface area contributed by atoms with E-state index >= 15 is 0 Å². The number of ether oxygens (including phenoxy) is 1. The first kappa shape index (κ1) is 22.3. The summed E-state index contributed by atoms with van der Waals surface area (Å²) in [6.45, 7) is 0.0471. The fraction of sp³-hybridized carbons (Fsp3) is 0.0417. The predicted octanol–water partition coefficient (Wildman–Crippen LogP) is 3.98. The monoisotopic (exact) mass is 461 g/mol. The van der Waals surface area contributed by atoms with Crippen LogP contribution in [0.2, 0.25) is 0 Å². The van der Waals surface area contributed by atoms with Crippen molar-refractivity contribution in [1.29, 1.82) is 0 Å². The highest BCUT2D eigenvalue weighted by Gasteiger charge is 2.37. The van der Waals surface area contributed by atoms with Gasteiger partial charge in [0, 0.05) is 17.7 Å². The van der Waals surface area contributed by atoms with Gasteiger partial charge in [-0.2, -0.15) is 0 Å². The molecular formula is C24H16FN3O6. The van der Waals surface area contributed by atoms with E-state index in [1.54, 1.807) is 36.4 Å². The number of benzene rings is 3. The maximum Gasteiger partial charge on any atom is 0.335 e. The SMILES string of the molecule is O=C1NC(=O)N(c2ccc([N+](=O)[O-])cc2)C(=O)/C1=C/c1ccccc1OCc1cccc(F)c1.